The van der Waals surface area contributed by atoms with E-state index in [1.165, 1.54) is 38.6 Å². The van der Waals surface area contributed by atoms with Crippen LogP contribution in [-0.2, 0) is 5.41 Å². The van der Waals surface area contributed by atoms with E-state index >= 15 is 0 Å². The molecule has 0 saturated heterocycles. The fraction of sp³-hybridized carbons (Fsp3) is 0.0122. The molecule has 0 spiro atoms. The normalized spacial score (nSPS) is 12.3. The molecule has 4 nitrogen and oxygen atoms in total. The molecule has 0 fully saturated rings. The molecule has 1 aliphatic heterocycles. The average Bonchev–Trinajstić information content (AvgIpc) is 1.40. The van der Waals surface area contributed by atoms with Gasteiger partial charge in [0.05, 0.1) is 22.1 Å². The smallest absolute Gasteiger partial charge is 0.164 e. The molecule has 15 aromatic rings. The van der Waals surface area contributed by atoms with Gasteiger partial charge < -0.3 is 4.57 Å². The van der Waals surface area contributed by atoms with E-state index in [2.05, 4.69) is 296 Å². The third-order valence-corrected chi connectivity index (χ3v) is 17.2. The highest BCUT2D eigenvalue weighted by Gasteiger charge is 2.46. The van der Waals surface area contributed by atoms with E-state index in [-0.39, 0.29) is 0 Å². The molecule has 0 amide bonds. The van der Waals surface area contributed by atoms with Crippen LogP contribution in [0.25, 0.3) is 128 Å². The van der Waals surface area contributed by atoms with Crippen LogP contribution in [0, 0.1) is 0 Å². The number of nitrogens with zero attached hydrogens (tertiary/aromatic N) is 4. The van der Waals surface area contributed by atoms with Gasteiger partial charge in [0.1, 0.15) is 0 Å². The van der Waals surface area contributed by atoms with Crippen molar-refractivity contribution in [2.75, 3.05) is 0 Å². The van der Waals surface area contributed by atoms with Crippen LogP contribution in [0.2, 0.25) is 0 Å². The zero-order valence-electron chi connectivity index (χ0n) is 47.0. The Morgan fingerprint density at radius 2 is 0.535 bits per heavy atom. The maximum Gasteiger partial charge on any atom is 0.164 e. The summed E-state index contributed by atoms with van der Waals surface area (Å²) in [5, 5.41) is 2.34. The molecule has 402 valence electrons. The second kappa shape index (κ2) is 21.1. The standard InChI is InChI=1S/C82H54N4/c1-9-25-55(26-10-1)63-45-64(56-27-11-2-12-28-56)48-67(47-63)61-41-43-76-72(51-61)73-52-69(68-49-65(57-29-13-3-14-30-57)46-66(50-68)58-31-15-4-16-32-58)54-75-78(73)86(76)77-44-42-62(53-74(77)82(75,70-37-21-7-22-38-70)71-39-23-8-24-40-71)81-84-79(59-33-17-5-18-34-59)83-80(85-81)60-35-19-6-20-36-60/h1-54H. The summed E-state index contributed by atoms with van der Waals surface area (Å²) in [6.45, 7) is 0. The Labute approximate surface area is 500 Å². The van der Waals surface area contributed by atoms with E-state index in [1.54, 1.807) is 0 Å². The molecule has 0 radical (unpaired) electrons. The van der Waals surface area contributed by atoms with Crippen LogP contribution in [0.1, 0.15) is 22.3 Å². The van der Waals surface area contributed by atoms with Crippen LogP contribution in [0.3, 0.4) is 0 Å². The van der Waals surface area contributed by atoms with Crippen molar-refractivity contribution in [1.82, 2.24) is 19.5 Å². The zero-order chi connectivity index (χ0) is 57.0. The van der Waals surface area contributed by atoms with Gasteiger partial charge in [-0.1, -0.05) is 249 Å². The average molecular weight is 1100 g/mol. The number of fused-ring (bicyclic) bond motifs is 5. The lowest BCUT2D eigenvalue weighted by atomic mass is 9.62. The van der Waals surface area contributed by atoms with E-state index in [4.69, 9.17) is 15.0 Å². The van der Waals surface area contributed by atoms with E-state index in [0.717, 1.165) is 94.6 Å². The van der Waals surface area contributed by atoms with Gasteiger partial charge in [-0.25, -0.2) is 15.0 Å². The minimum absolute atomic E-state index is 0.598. The molecular formula is C82H54N4. The molecule has 0 saturated carbocycles. The fourth-order valence-corrected chi connectivity index (χ4v) is 13.2. The number of hydrogen-bond acceptors (Lipinski definition) is 3. The molecule has 13 aromatic carbocycles. The number of aromatic nitrogens is 4. The first kappa shape index (κ1) is 50.4. The number of rotatable bonds is 11. The monoisotopic (exact) mass is 1090 g/mol. The van der Waals surface area contributed by atoms with Crippen LogP contribution in [0.5, 0.6) is 0 Å². The second-order valence-electron chi connectivity index (χ2n) is 22.3. The highest BCUT2D eigenvalue weighted by Crippen LogP contribution is 2.56. The largest absolute Gasteiger partial charge is 0.309 e. The van der Waals surface area contributed by atoms with Gasteiger partial charge in [0.25, 0.3) is 0 Å². The van der Waals surface area contributed by atoms with Gasteiger partial charge in [0, 0.05) is 27.5 Å². The predicted molar refractivity (Wildman–Crippen MR) is 355 cm³/mol. The van der Waals surface area contributed by atoms with Crippen LogP contribution in [-0.4, -0.2) is 19.5 Å². The van der Waals surface area contributed by atoms with Crippen molar-refractivity contribution in [2.24, 2.45) is 0 Å². The molecule has 3 heterocycles. The summed E-state index contributed by atoms with van der Waals surface area (Å²) in [6, 6.07) is 119. The van der Waals surface area contributed by atoms with Crippen LogP contribution < -0.4 is 0 Å². The van der Waals surface area contributed by atoms with Gasteiger partial charge in [-0.3, -0.25) is 0 Å². The molecule has 1 aliphatic rings. The Hall–Kier alpha value is -11.3. The molecular weight excluding hydrogens is 1040 g/mol. The highest BCUT2D eigenvalue weighted by molar-refractivity contribution is 6.15. The summed E-state index contributed by atoms with van der Waals surface area (Å²) in [5.41, 5.74) is 23.7. The van der Waals surface area contributed by atoms with Gasteiger partial charge in [-0.2, -0.15) is 0 Å². The van der Waals surface area contributed by atoms with Crippen molar-refractivity contribution in [3.63, 3.8) is 0 Å². The first-order valence-electron chi connectivity index (χ1n) is 29.4. The van der Waals surface area contributed by atoms with Crippen LogP contribution in [0.15, 0.2) is 328 Å². The van der Waals surface area contributed by atoms with Crippen molar-refractivity contribution in [3.05, 3.63) is 350 Å². The van der Waals surface area contributed by atoms with Crippen molar-refractivity contribution in [3.8, 4) is 107 Å². The van der Waals surface area contributed by atoms with Crippen molar-refractivity contribution in [2.45, 2.75) is 5.41 Å². The summed E-state index contributed by atoms with van der Waals surface area (Å²) >= 11 is 0. The third-order valence-electron chi connectivity index (χ3n) is 17.2. The van der Waals surface area contributed by atoms with Crippen molar-refractivity contribution in [1.29, 1.82) is 0 Å². The first-order valence-corrected chi connectivity index (χ1v) is 29.4. The second-order valence-corrected chi connectivity index (χ2v) is 22.3. The molecule has 0 aliphatic carbocycles. The zero-order valence-corrected chi connectivity index (χ0v) is 47.0. The molecule has 0 N–H and O–H groups in total. The van der Waals surface area contributed by atoms with Crippen LogP contribution in [0.4, 0.5) is 0 Å². The number of benzene rings is 13. The first-order chi connectivity index (χ1) is 42.6. The topological polar surface area (TPSA) is 43.6 Å². The summed E-state index contributed by atoms with van der Waals surface area (Å²) in [5.74, 6) is 1.83. The van der Waals surface area contributed by atoms with E-state index < -0.39 is 5.41 Å². The summed E-state index contributed by atoms with van der Waals surface area (Å²) < 4.78 is 2.54. The summed E-state index contributed by atoms with van der Waals surface area (Å²) in [6.07, 6.45) is 0. The van der Waals surface area contributed by atoms with Gasteiger partial charge in [-0.15, -0.1) is 0 Å². The Kier molecular flexibility index (Phi) is 12.4. The molecule has 0 bridgehead atoms. The lowest BCUT2D eigenvalue weighted by molar-refractivity contribution is 0.728. The van der Waals surface area contributed by atoms with Gasteiger partial charge in [-0.05, 0) is 168 Å². The lowest BCUT2D eigenvalue weighted by Gasteiger charge is -2.42. The minimum Gasteiger partial charge on any atom is -0.309 e. The van der Waals surface area contributed by atoms with Gasteiger partial charge >= 0.3 is 0 Å². The SMILES string of the molecule is c1ccc(-c2cc(-c3ccccc3)cc(-c3ccc4c(c3)c3cc(-c5cc(-c6ccccc6)cc(-c6ccccc6)c5)cc5c3n4-c3ccc(-c4nc(-c6ccccc6)nc(-c6ccccc6)n4)cc3C5(c3ccccc3)c3ccccc3)c2)cc1. The van der Waals surface area contributed by atoms with E-state index in [9.17, 15) is 0 Å². The minimum atomic E-state index is -0.860. The van der Waals surface area contributed by atoms with E-state index in [1.807, 2.05) is 36.4 Å². The van der Waals surface area contributed by atoms with Gasteiger partial charge in [0.15, 0.2) is 17.5 Å². The highest BCUT2D eigenvalue weighted by atomic mass is 15.0. The lowest BCUT2D eigenvalue weighted by Crippen LogP contribution is -2.35. The quantitative estimate of drug-likeness (QED) is 0.130. The molecule has 4 heteroatoms. The van der Waals surface area contributed by atoms with E-state index in [0.29, 0.717) is 17.5 Å². The van der Waals surface area contributed by atoms with Gasteiger partial charge in [0.2, 0.25) is 0 Å². The fourth-order valence-electron chi connectivity index (χ4n) is 13.2. The van der Waals surface area contributed by atoms with Crippen LogP contribution >= 0.6 is 0 Å². The molecule has 86 heavy (non-hydrogen) atoms. The summed E-state index contributed by atoms with van der Waals surface area (Å²) in [4.78, 5) is 15.8. The molecule has 0 unspecified atom stereocenters. The molecule has 2 aromatic heterocycles. The Balaban J connectivity index is 1.02. The molecule has 0 atom stereocenters. The maximum atomic E-state index is 5.35. The Bertz CT molecular complexity index is 4780. The maximum absolute atomic E-state index is 5.35. The predicted octanol–water partition coefficient (Wildman–Crippen LogP) is 20.7. The van der Waals surface area contributed by atoms with Crippen molar-refractivity contribution < 1.29 is 0 Å². The Morgan fingerprint density at radius 1 is 0.221 bits per heavy atom. The molecule has 16 rings (SSSR count). The number of hydrogen-bond donors (Lipinski definition) is 0. The summed E-state index contributed by atoms with van der Waals surface area (Å²) in [7, 11) is 0. The van der Waals surface area contributed by atoms with Crippen molar-refractivity contribution >= 4 is 21.8 Å². The Morgan fingerprint density at radius 3 is 0.953 bits per heavy atom. The third kappa shape index (κ3) is 8.74.